The van der Waals surface area contributed by atoms with E-state index in [-0.39, 0.29) is 23.9 Å². The number of nitrogens with zero attached hydrogens (tertiary/aromatic N) is 5. The minimum atomic E-state index is -4.53. The summed E-state index contributed by atoms with van der Waals surface area (Å²) in [6.07, 6.45) is -2.45. The number of fused-ring (bicyclic) bond motifs is 1. The number of nitriles is 1. The molecule has 2 aromatic rings. The van der Waals surface area contributed by atoms with E-state index >= 15 is 0 Å². The molecule has 36 heavy (non-hydrogen) atoms. The Hall–Kier alpha value is -3.14. The molecule has 0 spiro atoms. The summed E-state index contributed by atoms with van der Waals surface area (Å²) in [4.78, 5) is 26.0. The SMILES string of the molecule is Cc1cc(C)nc([C@@H]2CC[C@H]2C2NC(=O)C3C(C#N)NN([C@@H](C)c4ccc(C(F)(F)F)nc4)C3N2)n1. The van der Waals surface area contributed by atoms with Gasteiger partial charge in [-0.15, -0.1) is 0 Å². The first-order chi connectivity index (χ1) is 17.1. The van der Waals surface area contributed by atoms with Gasteiger partial charge >= 0.3 is 6.18 Å². The lowest BCUT2D eigenvalue weighted by Gasteiger charge is -2.47. The summed E-state index contributed by atoms with van der Waals surface area (Å²) in [7, 11) is 0. The number of aryl methyl sites for hydroxylation is 2. The summed E-state index contributed by atoms with van der Waals surface area (Å²) in [5.41, 5.74) is 4.43. The lowest BCUT2D eigenvalue weighted by atomic mass is 9.70. The predicted octanol–water partition coefficient (Wildman–Crippen LogP) is 2.46. The largest absolute Gasteiger partial charge is 0.433 e. The molecule has 1 aliphatic carbocycles. The van der Waals surface area contributed by atoms with Gasteiger partial charge in [-0.05, 0) is 51.3 Å². The van der Waals surface area contributed by atoms with Crippen LogP contribution >= 0.6 is 0 Å². The number of aromatic nitrogens is 3. The first-order valence-corrected chi connectivity index (χ1v) is 11.9. The molecule has 1 saturated carbocycles. The van der Waals surface area contributed by atoms with Crippen molar-refractivity contribution in [2.45, 2.75) is 70.1 Å². The molecule has 4 unspecified atom stereocenters. The van der Waals surface area contributed by atoms with Gasteiger partial charge in [0.1, 0.15) is 17.6 Å². The van der Waals surface area contributed by atoms with Crippen LogP contribution in [0.3, 0.4) is 0 Å². The molecule has 2 aromatic heterocycles. The second-order valence-electron chi connectivity index (χ2n) is 9.77. The van der Waals surface area contributed by atoms with E-state index in [1.54, 1.807) is 11.9 Å². The molecule has 3 fully saturated rings. The van der Waals surface area contributed by atoms with Gasteiger partial charge in [0.05, 0.1) is 24.3 Å². The van der Waals surface area contributed by atoms with Crippen molar-refractivity contribution < 1.29 is 18.0 Å². The van der Waals surface area contributed by atoms with Crippen LogP contribution in [-0.2, 0) is 11.0 Å². The van der Waals surface area contributed by atoms with Crippen LogP contribution in [0, 0.1) is 37.0 Å². The topological polar surface area (TPSA) is 119 Å². The second-order valence-corrected chi connectivity index (χ2v) is 9.77. The molecule has 0 aromatic carbocycles. The summed E-state index contributed by atoms with van der Waals surface area (Å²) in [5, 5.41) is 18.0. The molecule has 0 bridgehead atoms. The van der Waals surface area contributed by atoms with Gasteiger partial charge in [0.25, 0.3) is 0 Å². The zero-order valence-corrected chi connectivity index (χ0v) is 20.0. The highest BCUT2D eigenvalue weighted by Crippen LogP contribution is 2.44. The minimum absolute atomic E-state index is 0.0714. The maximum absolute atomic E-state index is 13.2. The Balaban J connectivity index is 1.38. The van der Waals surface area contributed by atoms with Crippen LogP contribution in [0.25, 0.3) is 0 Å². The lowest BCUT2D eigenvalue weighted by molar-refractivity contribution is -0.141. The van der Waals surface area contributed by atoms with E-state index < -0.39 is 36.0 Å². The fourth-order valence-electron chi connectivity index (χ4n) is 5.47. The monoisotopic (exact) mass is 500 g/mol. The Bertz CT molecular complexity index is 1180. The van der Waals surface area contributed by atoms with Gasteiger partial charge in [0, 0.05) is 35.5 Å². The third-order valence-corrected chi connectivity index (χ3v) is 7.44. The molecule has 5 rings (SSSR count). The van der Waals surface area contributed by atoms with Crippen LogP contribution in [0.4, 0.5) is 13.2 Å². The normalized spacial score (nSPS) is 31.2. The van der Waals surface area contributed by atoms with Gasteiger partial charge in [0.15, 0.2) is 0 Å². The Labute approximate surface area is 206 Å². The Kier molecular flexibility index (Phi) is 6.18. The maximum Gasteiger partial charge on any atom is 0.433 e. The highest BCUT2D eigenvalue weighted by atomic mass is 19.4. The van der Waals surface area contributed by atoms with Crippen LogP contribution in [0.15, 0.2) is 24.4 Å². The van der Waals surface area contributed by atoms with E-state index in [2.05, 4.69) is 37.1 Å². The molecule has 2 saturated heterocycles. The number of nitrogens with one attached hydrogen (secondary N) is 3. The van der Waals surface area contributed by atoms with Crippen molar-refractivity contribution in [3.63, 3.8) is 0 Å². The van der Waals surface area contributed by atoms with Crippen LogP contribution in [-0.4, -0.2) is 44.2 Å². The summed E-state index contributed by atoms with van der Waals surface area (Å²) < 4.78 is 38.9. The minimum Gasteiger partial charge on any atom is -0.340 e. The predicted molar refractivity (Wildman–Crippen MR) is 121 cm³/mol. The van der Waals surface area contributed by atoms with Gasteiger partial charge in [-0.1, -0.05) is 6.07 Å². The molecule has 4 heterocycles. The first kappa shape index (κ1) is 24.5. The number of halogens is 3. The van der Waals surface area contributed by atoms with Crippen molar-refractivity contribution in [2.24, 2.45) is 11.8 Å². The standard InChI is InChI=1S/C24H27F3N8O/c1-11-8-12(2)31-20(30-11)15-5-6-16(15)21-32-22-19(23(36)33-21)17(9-28)34-35(22)13(3)14-4-7-18(29-10-14)24(25,26)27/h4,7-8,10,13,15-17,19,21-22,32,34H,5-6H2,1-3H3,(H,33,36)/t13-,15+,16+,17?,19?,21?,22?/m0/s1. The molecule has 0 radical (unpaired) electrons. The van der Waals surface area contributed by atoms with Crippen LogP contribution < -0.4 is 16.1 Å². The number of hydrazine groups is 1. The quantitative estimate of drug-likeness (QED) is 0.586. The third-order valence-electron chi connectivity index (χ3n) is 7.44. The zero-order valence-electron chi connectivity index (χ0n) is 20.0. The summed E-state index contributed by atoms with van der Waals surface area (Å²) >= 11 is 0. The molecule has 2 aliphatic heterocycles. The molecule has 190 valence electrons. The summed E-state index contributed by atoms with van der Waals surface area (Å²) in [5.74, 6) is -0.00394. The van der Waals surface area contributed by atoms with Gasteiger partial charge in [-0.3, -0.25) is 15.1 Å². The fraction of sp³-hybridized carbons (Fsp3) is 0.542. The first-order valence-electron chi connectivity index (χ1n) is 11.9. The van der Waals surface area contributed by atoms with Crippen LogP contribution in [0.2, 0.25) is 0 Å². The van der Waals surface area contributed by atoms with Crippen molar-refractivity contribution in [3.8, 4) is 6.07 Å². The summed E-state index contributed by atoms with van der Waals surface area (Å²) in [6, 6.07) is 5.13. The number of carbonyl (C=O) groups excluding carboxylic acids is 1. The van der Waals surface area contributed by atoms with Crippen molar-refractivity contribution in [1.82, 2.24) is 36.0 Å². The molecular weight excluding hydrogens is 473 g/mol. The number of carbonyl (C=O) groups is 1. The van der Waals surface area contributed by atoms with Crippen molar-refractivity contribution in [1.29, 1.82) is 5.26 Å². The fourth-order valence-corrected chi connectivity index (χ4v) is 5.47. The smallest absolute Gasteiger partial charge is 0.340 e. The van der Waals surface area contributed by atoms with E-state index in [1.165, 1.54) is 12.3 Å². The van der Waals surface area contributed by atoms with E-state index in [0.717, 1.165) is 36.1 Å². The Morgan fingerprint density at radius 3 is 2.47 bits per heavy atom. The highest BCUT2D eigenvalue weighted by Gasteiger charge is 2.54. The number of hydrogen-bond acceptors (Lipinski definition) is 8. The van der Waals surface area contributed by atoms with Crippen LogP contribution in [0.5, 0.6) is 0 Å². The zero-order chi connectivity index (χ0) is 25.8. The van der Waals surface area contributed by atoms with Crippen molar-refractivity contribution >= 4 is 5.91 Å². The average Bonchev–Trinajstić information content (AvgIpc) is 3.16. The maximum atomic E-state index is 13.2. The van der Waals surface area contributed by atoms with E-state index in [1.807, 2.05) is 19.9 Å². The third kappa shape index (κ3) is 4.31. The number of pyridine rings is 1. The molecule has 3 N–H and O–H groups in total. The molecule has 9 nitrogen and oxygen atoms in total. The Morgan fingerprint density at radius 2 is 1.92 bits per heavy atom. The van der Waals surface area contributed by atoms with Crippen molar-refractivity contribution in [3.05, 3.63) is 52.9 Å². The van der Waals surface area contributed by atoms with Crippen molar-refractivity contribution in [2.75, 3.05) is 0 Å². The van der Waals surface area contributed by atoms with Gasteiger partial charge in [-0.25, -0.2) is 20.4 Å². The van der Waals surface area contributed by atoms with Gasteiger partial charge in [-0.2, -0.15) is 18.4 Å². The molecule has 12 heteroatoms. The number of hydrogen-bond donors (Lipinski definition) is 3. The number of alkyl halides is 3. The second kappa shape index (κ2) is 9.06. The highest BCUT2D eigenvalue weighted by molar-refractivity contribution is 5.82. The molecule has 3 aliphatic rings. The average molecular weight is 501 g/mol. The van der Waals surface area contributed by atoms with Gasteiger partial charge in [0.2, 0.25) is 5.91 Å². The number of amides is 1. The van der Waals surface area contributed by atoms with E-state index in [4.69, 9.17) is 0 Å². The molecular formula is C24H27F3N8O. The van der Waals surface area contributed by atoms with E-state index in [0.29, 0.717) is 5.56 Å². The summed E-state index contributed by atoms with van der Waals surface area (Å²) in [6.45, 7) is 5.66. The lowest BCUT2D eigenvalue weighted by Crippen LogP contribution is -2.68. The molecule has 1 amide bonds. The number of rotatable bonds is 4. The van der Waals surface area contributed by atoms with E-state index in [9.17, 15) is 23.2 Å². The van der Waals surface area contributed by atoms with Crippen LogP contribution in [0.1, 0.15) is 60.2 Å². The van der Waals surface area contributed by atoms with Gasteiger partial charge < -0.3 is 5.32 Å². The Morgan fingerprint density at radius 1 is 1.19 bits per heavy atom. The molecule has 7 atom stereocenters.